The fraction of sp³-hybridized carbons (Fsp3) is 0.692. The van der Waals surface area contributed by atoms with Crippen LogP contribution in [0.2, 0.25) is 0 Å². The van der Waals surface area contributed by atoms with Crippen LogP contribution in [0.1, 0.15) is 38.5 Å². The summed E-state index contributed by atoms with van der Waals surface area (Å²) in [5.41, 5.74) is 0. The Morgan fingerprint density at radius 2 is 2.12 bits per heavy atom. The number of carboxylic acid groups (broad SMARTS) is 1. The molecule has 0 aromatic carbocycles. The predicted molar refractivity (Wildman–Crippen MR) is 63.5 cm³/mol. The van der Waals surface area contributed by atoms with Crippen LogP contribution in [0.4, 0.5) is 0 Å². The minimum absolute atomic E-state index is 0.0783. The molecule has 1 heterocycles. The second-order valence-corrected chi connectivity index (χ2v) is 4.95. The van der Waals surface area contributed by atoms with E-state index in [9.17, 15) is 9.59 Å². The molecule has 1 saturated heterocycles. The lowest BCUT2D eigenvalue weighted by molar-refractivity contribution is -0.140. The highest BCUT2D eigenvalue weighted by atomic mass is 16.4. The fourth-order valence-corrected chi connectivity index (χ4v) is 2.78. The third kappa shape index (κ3) is 3.08. The largest absolute Gasteiger partial charge is 0.481 e. The van der Waals surface area contributed by atoms with E-state index >= 15 is 0 Å². The molecule has 94 valence electrons. The summed E-state index contributed by atoms with van der Waals surface area (Å²) < 4.78 is 0. The van der Waals surface area contributed by atoms with Crippen molar-refractivity contribution in [2.24, 2.45) is 5.92 Å². The lowest BCUT2D eigenvalue weighted by Crippen LogP contribution is -2.37. The van der Waals surface area contributed by atoms with Gasteiger partial charge in [0.1, 0.15) is 0 Å². The smallest absolute Gasteiger partial charge is 0.305 e. The molecule has 0 bridgehead atoms. The molecule has 1 amide bonds. The fourth-order valence-electron chi connectivity index (χ4n) is 2.78. The average Bonchev–Trinajstić information content (AvgIpc) is 2.87. The maximum absolute atomic E-state index is 12.1. The van der Waals surface area contributed by atoms with Crippen LogP contribution >= 0.6 is 0 Å². The van der Waals surface area contributed by atoms with Crippen LogP contribution in [0, 0.1) is 5.92 Å². The Bertz CT molecular complexity index is 338. The zero-order valence-corrected chi connectivity index (χ0v) is 9.97. The molecule has 4 heteroatoms. The number of nitrogens with zero attached hydrogens (tertiary/aromatic N) is 1. The Morgan fingerprint density at radius 1 is 1.29 bits per heavy atom. The number of amides is 1. The van der Waals surface area contributed by atoms with Gasteiger partial charge in [-0.2, -0.15) is 0 Å². The monoisotopic (exact) mass is 237 g/mol. The average molecular weight is 237 g/mol. The van der Waals surface area contributed by atoms with E-state index < -0.39 is 5.97 Å². The maximum atomic E-state index is 12.1. The number of carboxylic acids is 1. The van der Waals surface area contributed by atoms with E-state index in [1.807, 2.05) is 0 Å². The van der Waals surface area contributed by atoms with E-state index in [0.29, 0.717) is 12.3 Å². The standard InChI is InChI=1S/C13H19NO3/c15-12(8-10-4-1-2-5-10)14-7-3-6-11(14)9-13(16)17/h1,4,10-11H,2-3,5-9H2,(H,16,17). The number of carbonyl (C=O) groups is 2. The molecular formula is C13H19NO3. The van der Waals surface area contributed by atoms with Gasteiger partial charge in [0.25, 0.3) is 0 Å². The molecule has 1 fully saturated rings. The lowest BCUT2D eigenvalue weighted by atomic mass is 10.0. The van der Waals surface area contributed by atoms with Gasteiger partial charge in [0.15, 0.2) is 0 Å². The van der Waals surface area contributed by atoms with Gasteiger partial charge in [0.2, 0.25) is 5.91 Å². The van der Waals surface area contributed by atoms with Gasteiger partial charge in [-0.1, -0.05) is 12.2 Å². The summed E-state index contributed by atoms with van der Waals surface area (Å²) in [6.45, 7) is 0.729. The second-order valence-electron chi connectivity index (χ2n) is 4.95. The topological polar surface area (TPSA) is 57.6 Å². The number of allylic oxidation sites excluding steroid dienone is 2. The zero-order chi connectivity index (χ0) is 12.3. The summed E-state index contributed by atoms with van der Waals surface area (Å²) in [6.07, 6.45) is 8.76. The number of carbonyl (C=O) groups excluding carboxylic acids is 1. The van der Waals surface area contributed by atoms with Crippen LogP contribution in [-0.2, 0) is 9.59 Å². The lowest BCUT2D eigenvalue weighted by Gasteiger charge is -2.24. The first-order valence-corrected chi connectivity index (χ1v) is 6.34. The van der Waals surface area contributed by atoms with Gasteiger partial charge in [-0.3, -0.25) is 9.59 Å². The summed E-state index contributed by atoms with van der Waals surface area (Å²) >= 11 is 0. The molecule has 1 aliphatic carbocycles. The SMILES string of the molecule is O=C(O)CC1CCCN1C(=O)CC1C=CCC1. The molecule has 0 aromatic rings. The van der Waals surface area contributed by atoms with Crippen molar-refractivity contribution in [2.75, 3.05) is 6.54 Å². The van der Waals surface area contributed by atoms with Crippen LogP contribution in [0.3, 0.4) is 0 Å². The van der Waals surface area contributed by atoms with Gasteiger partial charge in [-0.05, 0) is 31.6 Å². The highest BCUT2D eigenvalue weighted by Crippen LogP contribution is 2.25. The summed E-state index contributed by atoms with van der Waals surface area (Å²) in [4.78, 5) is 24.6. The molecule has 1 N–H and O–H groups in total. The van der Waals surface area contributed by atoms with Gasteiger partial charge < -0.3 is 10.0 Å². The van der Waals surface area contributed by atoms with Gasteiger partial charge >= 0.3 is 5.97 Å². The molecule has 0 aromatic heterocycles. The molecule has 4 nitrogen and oxygen atoms in total. The van der Waals surface area contributed by atoms with E-state index in [0.717, 1.165) is 32.2 Å². The first-order chi connectivity index (χ1) is 8.16. The van der Waals surface area contributed by atoms with E-state index in [4.69, 9.17) is 5.11 Å². The molecule has 2 atom stereocenters. The molecule has 0 radical (unpaired) electrons. The highest BCUT2D eigenvalue weighted by molar-refractivity contribution is 5.78. The molecule has 2 rings (SSSR count). The summed E-state index contributed by atoms with van der Waals surface area (Å²) in [6, 6.07) is -0.0783. The van der Waals surface area contributed by atoms with E-state index in [1.165, 1.54) is 0 Å². The first kappa shape index (κ1) is 12.1. The van der Waals surface area contributed by atoms with Gasteiger partial charge in [-0.25, -0.2) is 0 Å². The van der Waals surface area contributed by atoms with Crippen LogP contribution in [0.5, 0.6) is 0 Å². The Kier molecular flexibility index (Phi) is 3.82. The molecule has 2 unspecified atom stereocenters. The van der Waals surface area contributed by atoms with Crippen molar-refractivity contribution in [3.05, 3.63) is 12.2 Å². The number of rotatable bonds is 4. The van der Waals surface area contributed by atoms with Gasteiger partial charge in [0.05, 0.1) is 6.42 Å². The van der Waals surface area contributed by atoms with Crippen molar-refractivity contribution >= 4 is 11.9 Å². The van der Waals surface area contributed by atoms with Gasteiger partial charge in [-0.15, -0.1) is 0 Å². The van der Waals surface area contributed by atoms with E-state index in [-0.39, 0.29) is 18.4 Å². The zero-order valence-electron chi connectivity index (χ0n) is 9.97. The molecule has 2 aliphatic rings. The minimum Gasteiger partial charge on any atom is -0.481 e. The Labute approximate surface area is 101 Å². The Morgan fingerprint density at radius 3 is 2.76 bits per heavy atom. The highest BCUT2D eigenvalue weighted by Gasteiger charge is 2.31. The van der Waals surface area contributed by atoms with Crippen molar-refractivity contribution in [1.82, 2.24) is 4.90 Å². The van der Waals surface area contributed by atoms with Crippen molar-refractivity contribution < 1.29 is 14.7 Å². The van der Waals surface area contributed by atoms with Crippen LogP contribution in [0.25, 0.3) is 0 Å². The summed E-state index contributed by atoms with van der Waals surface area (Å²) in [5.74, 6) is -0.311. The summed E-state index contributed by atoms with van der Waals surface area (Å²) in [7, 11) is 0. The van der Waals surface area contributed by atoms with Crippen molar-refractivity contribution in [3.8, 4) is 0 Å². The van der Waals surface area contributed by atoms with Crippen molar-refractivity contribution in [1.29, 1.82) is 0 Å². The van der Waals surface area contributed by atoms with Crippen LogP contribution in [-0.4, -0.2) is 34.5 Å². The van der Waals surface area contributed by atoms with E-state index in [2.05, 4.69) is 12.2 Å². The number of likely N-dealkylation sites (tertiary alicyclic amines) is 1. The predicted octanol–water partition coefficient (Wildman–Crippen LogP) is 1.81. The maximum Gasteiger partial charge on any atom is 0.305 e. The quantitative estimate of drug-likeness (QED) is 0.759. The normalized spacial score (nSPS) is 27.6. The second kappa shape index (κ2) is 5.34. The van der Waals surface area contributed by atoms with Crippen LogP contribution < -0.4 is 0 Å². The Balaban J connectivity index is 1.88. The first-order valence-electron chi connectivity index (χ1n) is 6.34. The Hall–Kier alpha value is -1.32. The number of hydrogen-bond acceptors (Lipinski definition) is 2. The third-order valence-electron chi connectivity index (χ3n) is 3.66. The third-order valence-corrected chi connectivity index (χ3v) is 3.66. The van der Waals surface area contributed by atoms with Crippen molar-refractivity contribution in [3.63, 3.8) is 0 Å². The number of hydrogen-bond donors (Lipinski definition) is 1. The number of aliphatic carboxylic acids is 1. The molecule has 17 heavy (non-hydrogen) atoms. The molecule has 0 saturated carbocycles. The van der Waals surface area contributed by atoms with Gasteiger partial charge in [0, 0.05) is 19.0 Å². The molecule has 0 spiro atoms. The van der Waals surface area contributed by atoms with E-state index in [1.54, 1.807) is 4.90 Å². The summed E-state index contributed by atoms with van der Waals surface area (Å²) in [5, 5.41) is 8.81. The van der Waals surface area contributed by atoms with Crippen LogP contribution in [0.15, 0.2) is 12.2 Å². The minimum atomic E-state index is -0.810. The molecule has 1 aliphatic heterocycles. The van der Waals surface area contributed by atoms with Crippen molar-refractivity contribution in [2.45, 2.75) is 44.6 Å². The molecular weight excluding hydrogens is 218 g/mol.